The molecule has 2 aromatic rings. The molecule has 21 heavy (non-hydrogen) atoms. The lowest BCUT2D eigenvalue weighted by Gasteiger charge is -2.32. The highest BCUT2D eigenvalue weighted by atomic mass is 16.5. The van der Waals surface area contributed by atoms with E-state index >= 15 is 0 Å². The molecule has 0 unspecified atom stereocenters. The van der Waals surface area contributed by atoms with Gasteiger partial charge in [0.15, 0.2) is 0 Å². The van der Waals surface area contributed by atoms with E-state index in [1.165, 1.54) is 23.2 Å². The van der Waals surface area contributed by atoms with Crippen LogP contribution in [0.25, 0.3) is 0 Å². The second-order valence-corrected chi connectivity index (χ2v) is 5.54. The van der Waals surface area contributed by atoms with Crippen LogP contribution >= 0.6 is 0 Å². The first kappa shape index (κ1) is 13.8. The second-order valence-electron chi connectivity index (χ2n) is 5.54. The third kappa shape index (κ3) is 2.68. The predicted octanol–water partition coefficient (Wildman–Crippen LogP) is 4.06. The van der Waals surface area contributed by atoms with Crippen LogP contribution in [0, 0.1) is 6.92 Å². The minimum atomic E-state index is 0.628. The van der Waals surface area contributed by atoms with Crippen molar-refractivity contribution in [2.24, 2.45) is 0 Å². The van der Waals surface area contributed by atoms with Crippen molar-refractivity contribution in [1.29, 1.82) is 0 Å². The number of fused-ring (bicyclic) bond motifs is 1. The lowest BCUT2D eigenvalue weighted by Crippen LogP contribution is -2.24. The predicted molar refractivity (Wildman–Crippen MR) is 88.5 cm³/mol. The van der Waals surface area contributed by atoms with E-state index in [1.807, 2.05) is 19.1 Å². The lowest BCUT2D eigenvalue weighted by molar-refractivity contribution is 0.342. The first-order valence-corrected chi connectivity index (χ1v) is 7.58. The maximum Gasteiger partial charge on any atom is 0.144 e. The Morgan fingerprint density at radius 1 is 1.19 bits per heavy atom. The van der Waals surface area contributed by atoms with Crippen molar-refractivity contribution in [2.45, 2.75) is 26.7 Å². The van der Waals surface area contributed by atoms with Crippen molar-refractivity contribution in [3.63, 3.8) is 0 Å². The van der Waals surface area contributed by atoms with Gasteiger partial charge in [0.1, 0.15) is 5.75 Å². The number of nitrogens with zero attached hydrogens (tertiary/aromatic N) is 1. The maximum absolute atomic E-state index is 5.98. The fourth-order valence-electron chi connectivity index (χ4n) is 2.97. The first-order valence-electron chi connectivity index (χ1n) is 7.58. The second kappa shape index (κ2) is 5.68. The van der Waals surface area contributed by atoms with Gasteiger partial charge in [0.2, 0.25) is 0 Å². The molecule has 3 heteroatoms. The van der Waals surface area contributed by atoms with Gasteiger partial charge in [-0.05, 0) is 50.5 Å². The topological polar surface area (TPSA) is 38.5 Å². The summed E-state index contributed by atoms with van der Waals surface area (Å²) < 4.78 is 5.62. The number of aryl methyl sites for hydroxylation is 2. The summed E-state index contributed by atoms with van der Waals surface area (Å²) in [5.74, 6) is 0.772. The Morgan fingerprint density at radius 3 is 2.86 bits per heavy atom. The number of hydrogen-bond donors (Lipinski definition) is 1. The van der Waals surface area contributed by atoms with E-state index < -0.39 is 0 Å². The molecule has 0 saturated carbocycles. The summed E-state index contributed by atoms with van der Waals surface area (Å²) in [5, 5.41) is 0. The van der Waals surface area contributed by atoms with Crippen LogP contribution in [0.5, 0.6) is 5.75 Å². The Kier molecular flexibility index (Phi) is 3.74. The van der Waals surface area contributed by atoms with E-state index in [0.29, 0.717) is 12.3 Å². The molecule has 2 N–H and O–H groups in total. The summed E-state index contributed by atoms with van der Waals surface area (Å²) in [7, 11) is 0. The van der Waals surface area contributed by atoms with E-state index in [4.69, 9.17) is 10.5 Å². The molecule has 0 aromatic heterocycles. The van der Waals surface area contributed by atoms with Crippen molar-refractivity contribution in [3.05, 3.63) is 47.5 Å². The number of rotatable bonds is 3. The van der Waals surface area contributed by atoms with Crippen molar-refractivity contribution in [2.75, 3.05) is 23.8 Å². The highest BCUT2D eigenvalue weighted by Gasteiger charge is 2.19. The Morgan fingerprint density at radius 2 is 2.05 bits per heavy atom. The molecule has 0 aliphatic carbocycles. The number of nitrogens with two attached hydrogens (primary N) is 1. The number of anilines is 3. The van der Waals surface area contributed by atoms with Gasteiger partial charge >= 0.3 is 0 Å². The van der Waals surface area contributed by atoms with Gasteiger partial charge in [-0.15, -0.1) is 0 Å². The van der Waals surface area contributed by atoms with Crippen LogP contribution in [0.1, 0.15) is 24.5 Å². The molecule has 1 aliphatic heterocycles. The van der Waals surface area contributed by atoms with Crippen molar-refractivity contribution in [3.8, 4) is 5.75 Å². The highest BCUT2D eigenvalue weighted by molar-refractivity contribution is 5.72. The van der Waals surface area contributed by atoms with Gasteiger partial charge in [0.25, 0.3) is 0 Å². The average molecular weight is 282 g/mol. The third-order valence-electron chi connectivity index (χ3n) is 3.96. The van der Waals surface area contributed by atoms with Crippen LogP contribution in [0.2, 0.25) is 0 Å². The zero-order valence-corrected chi connectivity index (χ0v) is 12.7. The van der Waals surface area contributed by atoms with Crippen LogP contribution in [0.3, 0.4) is 0 Å². The Balaban J connectivity index is 2.00. The molecule has 0 spiro atoms. The van der Waals surface area contributed by atoms with Gasteiger partial charge in [-0.2, -0.15) is 0 Å². The molecule has 1 heterocycles. The molecule has 0 fully saturated rings. The van der Waals surface area contributed by atoms with E-state index in [9.17, 15) is 0 Å². The summed E-state index contributed by atoms with van der Waals surface area (Å²) in [5.41, 5.74) is 11.9. The van der Waals surface area contributed by atoms with Crippen LogP contribution in [-0.2, 0) is 6.42 Å². The fourth-order valence-corrected chi connectivity index (χ4v) is 2.97. The van der Waals surface area contributed by atoms with Gasteiger partial charge in [0.05, 0.1) is 12.3 Å². The number of hydrogen-bond acceptors (Lipinski definition) is 3. The largest absolute Gasteiger partial charge is 0.492 e. The first-order chi connectivity index (χ1) is 10.2. The van der Waals surface area contributed by atoms with Crippen LogP contribution in [-0.4, -0.2) is 13.2 Å². The van der Waals surface area contributed by atoms with Crippen LogP contribution < -0.4 is 15.4 Å². The Bertz CT molecular complexity index is 652. The molecule has 2 aromatic carbocycles. The van der Waals surface area contributed by atoms with Gasteiger partial charge in [-0.25, -0.2) is 0 Å². The molecular formula is C18H22N2O. The zero-order chi connectivity index (χ0) is 14.8. The van der Waals surface area contributed by atoms with Gasteiger partial charge in [-0.3, -0.25) is 0 Å². The van der Waals surface area contributed by atoms with Crippen LogP contribution in [0.4, 0.5) is 17.1 Å². The van der Waals surface area contributed by atoms with Crippen molar-refractivity contribution < 1.29 is 4.74 Å². The summed E-state index contributed by atoms with van der Waals surface area (Å²) in [4.78, 5) is 2.36. The SMILES string of the molecule is CCOc1cc(N2CCCc3cc(C)ccc32)ccc1N. The molecule has 0 amide bonds. The highest BCUT2D eigenvalue weighted by Crippen LogP contribution is 2.36. The Hall–Kier alpha value is -2.16. The molecule has 0 atom stereocenters. The zero-order valence-electron chi connectivity index (χ0n) is 12.7. The average Bonchev–Trinajstić information content (AvgIpc) is 2.49. The molecule has 1 aliphatic rings. The minimum absolute atomic E-state index is 0.628. The maximum atomic E-state index is 5.98. The quantitative estimate of drug-likeness (QED) is 0.863. The van der Waals surface area contributed by atoms with E-state index in [2.05, 4.69) is 36.1 Å². The van der Waals surface area contributed by atoms with E-state index in [-0.39, 0.29) is 0 Å². The molecule has 0 radical (unpaired) electrons. The minimum Gasteiger partial charge on any atom is -0.492 e. The smallest absolute Gasteiger partial charge is 0.144 e. The number of ether oxygens (including phenoxy) is 1. The van der Waals surface area contributed by atoms with E-state index in [0.717, 1.165) is 24.4 Å². The molecule has 0 saturated heterocycles. The summed E-state index contributed by atoms with van der Waals surface area (Å²) >= 11 is 0. The van der Waals surface area contributed by atoms with Gasteiger partial charge in [0, 0.05) is 24.0 Å². The number of nitrogen functional groups attached to an aromatic ring is 1. The monoisotopic (exact) mass is 282 g/mol. The standard InChI is InChI=1S/C18H22N2O/c1-3-21-18-12-15(7-8-16(18)19)20-10-4-5-14-11-13(2)6-9-17(14)20/h6-9,11-12H,3-5,10,19H2,1-2H3. The van der Waals surface area contributed by atoms with Gasteiger partial charge < -0.3 is 15.4 Å². The van der Waals surface area contributed by atoms with E-state index in [1.54, 1.807) is 0 Å². The molecule has 0 bridgehead atoms. The molecule has 3 rings (SSSR count). The fraction of sp³-hybridized carbons (Fsp3) is 0.333. The van der Waals surface area contributed by atoms with Crippen molar-refractivity contribution in [1.82, 2.24) is 0 Å². The third-order valence-corrected chi connectivity index (χ3v) is 3.96. The number of benzene rings is 2. The summed E-state index contributed by atoms with van der Waals surface area (Å²) in [6.45, 7) is 5.79. The van der Waals surface area contributed by atoms with Crippen LogP contribution in [0.15, 0.2) is 36.4 Å². The molecule has 110 valence electrons. The summed E-state index contributed by atoms with van der Waals surface area (Å²) in [6, 6.07) is 12.8. The van der Waals surface area contributed by atoms with Crippen molar-refractivity contribution >= 4 is 17.1 Å². The Labute approximate surface area is 126 Å². The lowest BCUT2D eigenvalue weighted by atomic mass is 9.99. The molecular weight excluding hydrogens is 260 g/mol. The summed E-state index contributed by atoms with van der Waals surface area (Å²) in [6.07, 6.45) is 2.33. The van der Waals surface area contributed by atoms with Gasteiger partial charge in [-0.1, -0.05) is 17.7 Å². The molecule has 3 nitrogen and oxygen atoms in total. The normalized spacial score (nSPS) is 13.9.